The molecular weight excluding hydrogens is 362 g/mol. The lowest BCUT2D eigenvalue weighted by Crippen LogP contribution is -2.29. The molecule has 28 heavy (non-hydrogen) atoms. The number of imide groups is 1. The summed E-state index contributed by atoms with van der Waals surface area (Å²) < 4.78 is 5.12. The highest BCUT2D eigenvalue weighted by atomic mass is 16.5. The molecule has 0 bridgehead atoms. The predicted octanol–water partition coefficient (Wildman–Crippen LogP) is 1.62. The fraction of sp³-hybridized carbons (Fsp3) is 0.211. The number of nitrogen functional groups attached to an aromatic ring is 1. The molecule has 1 aromatic carbocycles. The standard InChI is InChI=1S/C19H17N5O4/c1-9-13-14(15(20)16(21-9)17-22-10(2)23-28-17)19(27)24(18(13)26)7-11-3-5-12(8-25)6-4-11/h3-6,25H,7-8,20H2,1-2H3. The van der Waals surface area contributed by atoms with E-state index in [0.29, 0.717) is 11.5 Å². The summed E-state index contributed by atoms with van der Waals surface area (Å²) in [6.45, 7) is 3.30. The predicted molar refractivity (Wildman–Crippen MR) is 98.0 cm³/mol. The van der Waals surface area contributed by atoms with Crippen LogP contribution in [0.1, 0.15) is 43.4 Å². The molecular formula is C19H17N5O4. The lowest BCUT2D eigenvalue weighted by Gasteiger charge is -2.14. The number of rotatable bonds is 4. The van der Waals surface area contributed by atoms with Gasteiger partial charge in [0.25, 0.3) is 17.7 Å². The van der Waals surface area contributed by atoms with E-state index in [1.54, 1.807) is 38.1 Å². The van der Waals surface area contributed by atoms with Gasteiger partial charge in [-0.1, -0.05) is 29.4 Å². The molecule has 9 heteroatoms. The number of benzene rings is 1. The van der Waals surface area contributed by atoms with Crippen molar-refractivity contribution in [2.24, 2.45) is 0 Å². The first-order valence-corrected chi connectivity index (χ1v) is 8.56. The van der Waals surface area contributed by atoms with Crippen LogP contribution < -0.4 is 5.73 Å². The maximum atomic E-state index is 13.0. The fourth-order valence-corrected chi connectivity index (χ4v) is 3.20. The summed E-state index contributed by atoms with van der Waals surface area (Å²) in [5.41, 5.74) is 8.56. The van der Waals surface area contributed by atoms with Gasteiger partial charge in [-0.15, -0.1) is 0 Å². The Morgan fingerprint density at radius 3 is 2.29 bits per heavy atom. The average molecular weight is 379 g/mol. The van der Waals surface area contributed by atoms with Crippen molar-refractivity contribution in [1.29, 1.82) is 0 Å². The van der Waals surface area contributed by atoms with E-state index in [9.17, 15) is 9.59 Å². The Morgan fingerprint density at radius 2 is 1.68 bits per heavy atom. The zero-order valence-electron chi connectivity index (χ0n) is 15.3. The normalized spacial score (nSPS) is 13.3. The van der Waals surface area contributed by atoms with Gasteiger partial charge in [0.05, 0.1) is 35.7 Å². The first kappa shape index (κ1) is 17.8. The minimum atomic E-state index is -0.494. The van der Waals surface area contributed by atoms with Crippen LogP contribution in [0.15, 0.2) is 28.8 Å². The monoisotopic (exact) mass is 379 g/mol. The molecule has 0 spiro atoms. The van der Waals surface area contributed by atoms with E-state index in [0.717, 1.165) is 16.0 Å². The smallest absolute Gasteiger partial charge is 0.278 e. The number of anilines is 1. The zero-order chi connectivity index (χ0) is 20.0. The summed E-state index contributed by atoms with van der Waals surface area (Å²) in [4.78, 5) is 35.4. The summed E-state index contributed by atoms with van der Waals surface area (Å²) in [7, 11) is 0. The highest BCUT2D eigenvalue weighted by Crippen LogP contribution is 2.35. The highest BCUT2D eigenvalue weighted by molar-refractivity contribution is 6.24. The van der Waals surface area contributed by atoms with Gasteiger partial charge >= 0.3 is 0 Å². The molecule has 0 saturated carbocycles. The number of aliphatic hydroxyl groups is 1. The summed E-state index contributed by atoms with van der Waals surface area (Å²) in [5, 5.41) is 12.9. The molecule has 2 aromatic heterocycles. The number of pyridine rings is 1. The van der Waals surface area contributed by atoms with Crippen LogP contribution >= 0.6 is 0 Å². The van der Waals surface area contributed by atoms with E-state index in [1.807, 2.05) is 0 Å². The van der Waals surface area contributed by atoms with Gasteiger partial charge in [0.2, 0.25) is 0 Å². The van der Waals surface area contributed by atoms with Crippen LogP contribution in [0.2, 0.25) is 0 Å². The number of aryl methyl sites for hydroxylation is 2. The Kier molecular flexibility index (Phi) is 4.16. The number of aliphatic hydroxyl groups excluding tert-OH is 1. The third-order valence-electron chi connectivity index (χ3n) is 4.61. The lowest BCUT2D eigenvalue weighted by atomic mass is 10.0. The second-order valence-electron chi connectivity index (χ2n) is 6.53. The second-order valence-corrected chi connectivity index (χ2v) is 6.53. The third kappa shape index (κ3) is 2.72. The molecule has 1 aliphatic rings. The summed E-state index contributed by atoms with van der Waals surface area (Å²) in [5.74, 6) is -0.438. The minimum absolute atomic E-state index is 0.0423. The van der Waals surface area contributed by atoms with Crippen molar-refractivity contribution in [3.8, 4) is 11.6 Å². The summed E-state index contributed by atoms with van der Waals surface area (Å²) >= 11 is 0. The van der Waals surface area contributed by atoms with Crippen molar-refractivity contribution in [1.82, 2.24) is 20.0 Å². The Bertz CT molecular complexity index is 1100. The quantitative estimate of drug-likeness (QED) is 0.653. The van der Waals surface area contributed by atoms with E-state index in [2.05, 4.69) is 15.1 Å². The van der Waals surface area contributed by atoms with Crippen LogP contribution in [0.5, 0.6) is 0 Å². The number of aromatic nitrogens is 3. The van der Waals surface area contributed by atoms with Gasteiger partial charge in [-0.25, -0.2) is 4.98 Å². The number of hydrogen-bond acceptors (Lipinski definition) is 8. The van der Waals surface area contributed by atoms with Gasteiger partial charge in [-0.2, -0.15) is 4.98 Å². The Balaban J connectivity index is 1.73. The van der Waals surface area contributed by atoms with Gasteiger partial charge < -0.3 is 15.4 Å². The topological polar surface area (TPSA) is 135 Å². The molecule has 0 radical (unpaired) electrons. The number of amides is 2. The number of nitrogens with zero attached hydrogens (tertiary/aromatic N) is 4. The van der Waals surface area contributed by atoms with E-state index in [1.165, 1.54) is 0 Å². The summed E-state index contributed by atoms with van der Waals surface area (Å²) in [6.07, 6.45) is 0. The molecule has 0 aliphatic carbocycles. The minimum Gasteiger partial charge on any atom is -0.396 e. The Morgan fingerprint density at radius 1 is 1.04 bits per heavy atom. The van der Waals surface area contributed by atoms with Gasteiger partial charge in [-0.05, 0) is 25.0 Å². The first-order valence-electron chi connectivity index (χ1n) is 8.56. The molecule has 2 amide bonds. The fourth-order valence-electron chi connectivity index (χ4n) is 3.20. The zero-order valence-corrected chi connectivity index (χ0v) is 15.3. The largest absolute Gasteiger partial charge is 0.396 e. The average Bonchev–Trinajstić information content (AvgIpc) is 3.22. The highest BCUT2D eigenvalue weighted by Gasteiger charge is 2.40. The van der Waals surface area contributed by atoms with Crippen molar-refractivity contribution in [3.05, 3.63) is 58.0 Å². The molecule has 0 unspecified atom stereocenters. The van der Waals surface area contributed by atoms with Crippen molar-refractivity contribution in [2.75, 3.05) is 5.73 Å². The number of hydrogen-bond donors (Lipinski definition) is 2. The molecule has 0 fully saturated rings. The second kappa shape index (κ2) is 6.54. The molecule has 142 valence electrons. The van der Waals surface area contributed by atoms with E-state index in [4.69, 9.17) is 15.4 Å². The molecule has 4 rings (SSSR count). The number of carbonyl (C=O) groups excluding carboxylic acids is 2. The molecule has 0 saturated heterocycles. The van der Waals surface area contributed by atoms with E-state index >= 15 is 0 Å². The third-order valence-corrected chi connectivity index (χ3v) is 4.61. The maximum Gasteiger partial charge on any atom is 0.278 e. The van der Waals surface area contributed by atoms with Gasteiger partial charge in [0.15, 0.2) is 11.5 Å². The number of nitrogens with two attached hydrogens (primary N) is 1. The van der Waals surface area contributed by atoms with Crippen LogP contribution in [0.3, 0.4) is 0 Å². The molecule has 1 aliphatic heterocycles. The Hall–Kier alpha value is -3.59. The van der Waals surface area contributed by atoms with E-state index in [-0.39, 0.29) is 41.6 Å². The van der Waals surface area contributed by atoms with Crippen LogP contribution in [-0.2, 0) is 13.2 Å². The molecule has 3 heterocycles. The Labute approximate surface area is 159 Å². The number of fused-ring (bicyclic) bond motifs is 1. The van der Waals surface area contributed by atoms with Crippen LogP contribution in [0.25, 0.3) is 11.6 Å². The molecule has 3 aromatic rings. The van der Waals surface area contributed by atoms with Crippen molar-refractivity contribution in [3.63, 3.8) is 0 Å². The molecule has 0 atom stereocenters. The van der Waals surface area contributed by atoms with Gasteiger partial charge in [0, 0.05) is 0 Å². The van der Waals surface area contributed by atoms with Gasteiger partial charge in [-0.3, -0.25) is 14.5 Å². The first-order chi connectivity index (χ1) is 13.4. The SMILES string of the molecule is Cc1noc(-c2nc(C)c3c(c2N)C(=O)N(Cc2ccc(CO)cc2)C3=O)n1. The summed E-state index contributed by atoms with van der Waals surface area (Å²) in [6, 6.07) is 7.00. The van der Waals surface area contributed by atoms with Crippen LogP contribution in [0, 0.1) is 13.8 Å². The molecule has 9 nitrogen and oxygen atoms in total. The molecule has 3 N–H and O–H groups in total. The van der Waals surface area contributed by atoms with Crippen molar-refractivity contribution >= 4 is 17.5 Å². The van der Waals surface area contributed by atoms with Crippen molar-refractivity contribution in [2.45, 2.75) is 27.0 Å². The number of carbonyl (C=O) groups is 2. The van der Waals surface area contributed by atoms with Gasteiger partial charge in [0.1, 0.15) is 0 Å². The van der Waals surface area contributed by atoms with Crippen molar-refractivity contribution < 1.29 is 19.2 Å². The van der Waals surface area contributed by atoms with Crippen LogP contribution in [0.4, 0.5) is 5.69 Å². The lowest BCUT2D eigenvalue weighted by molar-refractivity contribution is 0.0642. The van der Waals surface area contributed by atoms with Crippen LogP contribution in [-0.4, -0.2) is 36.9 Å². The maximum absolute atomic E-state index is 13.0. The van der Waals surface area contributed by atoms with E-state index < -0.39 is 11.8 Å².